The number of likely N-dealkylation sites (N-methyl/N-ethyl adjacent to an activating group) is 1. The first-order valence-corrected chi connectivity index (χ1v) is 5.72. The van der Waals surface area contributed by atoms with Crippen molar-refractivity contribution in [3.8, 4) is 0 Å². The summed E-state index contributed by atoms with van der Waals surface area (Å²) in [7, 11) is 1.53. The average Bonchev–Trinajstić information content (AvgIpc) is 2.52. The molecule has 2 atom stereocenters. The Balaban J connectivity index is 2.67. The lowest BCUT2D eigenvalue weighted by molar-refractivity contribution is -0.140. The quantitative estimate of drug-likeness (QED) is 0.635. The molecule has 1 rings (SSSR count). The summed E-state index contributed by atoms with van der Waals surface area (Å²) in [6.45, 7) is 5.25. The van der Waals surface area contributed by atoms with Gasteiger partial charge in [-0.2, -0.15) is 0 Å². The van der Waals surface area contributed by atoms with Crippen LogP contribution in [-0.2, 0) is 14.4 Å². The van der Waals surface area contributed by atoms with Gasteiger partial charge in [0.05, 0.1) is 18.5 Å². The van der Waals surface area contributed by atoms with E-state index in [-0.39, 0.29) is 30.2 Å². The molecule has 6 nitrogen and oxygen atoms in total. The van der Waals surface area contributed by atoms with Crippen LogP contribution in [0.5, 0.6) is 0 Å². The highest BCUT2D eigenvalue weighted by Gasteiger charge is 2.40. The van der Waals surface area contributed by atoms with Crippen LogP contribution in [0.2, 0.25) is 0 Å². The van der Waals surface area contributed by atoms with E-state index in [1.165, 1.54) is 11.9 Å². The first kappa shape index (κ1) is 13.6. The van der Waals surface area contributed by atoms with Crippen molar-refractivity contribution in [1.29, 1.82) is 0 Å². The summed E-state index contributed by atoms with van der Waals surface area (Å²) >= 11 is 0. The number of hydrogen-bond donors (Lipinski definition) is 2. The van der Waals surface area contributed by atoms with E-state index >= 15 is 0 Å². The minimum Gasteiger partial charge on any atom is -0.358 e. The number of hydrogen-bond acceptors (Lipinski definition) is 4. The molecule has 0 aliphatic carbocycles. The highest BCUT2D eigenvalue weighted by atomic mass is 16.2. The molecule has 0 aromatic heterocycles. The van der Waals surface area contributed by atoms with Crippen molar-refractivity contribution in [1.82, 2.24) is 15.5 Å². The summed E-state index contributed by atoms with van der Waals surface area (Å²) in [6, 6.07) is -1.22. The van der Waals surface area contributed by atoms with E-state index in [1.54, 1.807) is 20.8 Å². The van der Waals surface area contributed by atoms with Crippen LogP contribution in [0.3, 0.4) is 0 Å². The summed E-state index contributed by atoms with van der Waals surface area (Å²) in [4.78, 5) is 36.1. The molecule has 0 saturated carbocycles. The molecule has 0 bridgehead atoms. The molecule has 96 valence electrons. The van der Waals surface area contributed by atoms with Crippen molar-refractivity contribution in [2.75, 3.05) is 7.05 Å². The fourth-order valence-corrected chi connectivity index (χ4v) is 1.92. The van der Waals surface area contributed by atoms with Crippen molar-refractivity contribution in [3.05, 3.63) is 0 Å². The molecule has 0 aromatic carbocycles. The number of rotatable bonds is 4. The number of carbonyl (C=O) groups excluding carboxylic acids is 3. The molecule has 17 heavy (non-hydrogen) atoms. The lowest BCUT2D eigenvalue weighted by Crippen LogP contribution is -2.49. The fraction of sp³-hybridized carbons (Fsp3) is 0.727. The third-order valence-corrected chi connectivity index (χ3v) is 2.79. The van der Waals surface area contributed by atoms with E-state index < -0.39 is 12.1 Å². The summed E-state index contributed by atoms with van der Waals surface area (Å²) in [6.07, 6.45) is 0.123. The van der Waals surface area contributed by atoms with E-state index in [0.29, 0.717) is 0 Å². The third-order valence-electron chi connectivity index (χ3n) is 2.79. The predicted molar refractivity (Wildman–Crippen MR) is 62.1 cm³/mol. The Hall–Kier alpha value is -1.43. The van der Waals surface area contributed by atoms with Gasteiger partial charge in [-0.25, -0.2) is 0 Å². The molecule has 1 aliphatic heterocycles. The topological polar surface area (TPSA) is 78.5 Å². The molecule has 0 radical (unpaired) electrons. The zero-order chi connectivity index (χ0) is 13.2. The lowest BCUT2D eigenvalue weighted by Gasteiger charge is -2.20. The van der Waals surface area contributed by atoms with Gasteiger partial charge in [-0.3, -0.25) is 24.6 Å². The molecule has 6 heteroatoms. The maximum atomic E-state index is 11.9. The molecule has 3 amide bonds. The minimum atomic E-state index is -0.586. The van der Waals surface area contributed by atoms with Crippen molar-refractivity contribution in [3.63, 3.8) is 0 Å². The highest BCUT2D eigenvalue weighted by Crippen LogP contribution is 2.16. The van der Waals surface area contributed by atoms with Crippen molar-refractivity contribution in [2.24, 2.45) is 0 Å². The van der Waals surface area contributed by atoms with Crippen LogP contribution in [0, 0.1) is 0 Å². The maximum absolute atomic E-state index is 11.9. The van der Waals surface area contributed by atoms with Crippen LogP contribution < -0.4 is 10.6 Å². The lowest BCUT2D eigenvalue weighted by atomic mass is 10.2. The van der Waals surface area contributed by atoms with Gasteiger partial charge in [-0.15, -0.1) is 0 Å². The Morgan fingerprint density at radius 2 is 1.94 bits per heavy atom. The van der Waals surface area contributed by atoms with Gasteiger partial charge in [0.15, 0.2) is 0 Å². The Kier molecular flexibility index (Phi) is 4.22. The van der Waals surface area contributed by atoms with Crippen LogP contribution >= 0.6 is 0 Å². The van der Waals surface area contributed by atoms with Gasteiger partial charge in [0.2, 0.25) is 17.7 Å². The number of carbonyl (C=O) groups is 3. The Bertz CT molecular complexity index is 341. The van der Waals surface area contributed by atoms with E-state index in [9.17, 15) is 14.4 Å². The van der Waals surface area contributed by atoms with Crippen LogP contribution in [0.4, 0.5) is 0 Å². The summed E-state index contributed by atoms with van der Waals surface area (Å²) in [5, 5.41) is 5.36. The molecular formula is C11H19N3O3. The van der Waals surface area contributed by atoms with Gasteiger partial charge in [0, 0.05) is 13.1 Å². The van der Waals surface area contributed by atoms with Gasteiger partial charge in [0.25, 0.3) is 0 Å². The Morgan fingerprint density at radius 1 is 1.35 bits per heavy atom. The maximum Gasteiger partial charge on any atom is 0.247 e. The molecule has 2 unspecified atom stereocenters. The second-order valence-electron chi connectivity index (χ2n) is 4.46. The third kappa shape index (κ3) is 2.82. The van der Waals surface area contributed by atoms with Gasteiger partial charge in [-0.05, 0) is 20.8 Å². The zero-order valence-corrected chi connectivity index (χ0v) is 10.6. The van der Waals surface area contributed by atoms with Crippen LogP contribution in [0.25, 0.3) is 0 Å². The summed E-state index contributed by atoms with van der Waals surface area (Å²) < 4.78 is 0. The molecule has 1 saturated heterocycles. The van der Waals surface area contributed by atoms with Gasteiger partial charge in [-0.1, -0.05) is 0 Å². The average molecular weight is 241 g/mol. The Morgan fingerprint density at radius 3 is 2.35 bits per heavy atom. The molecule has 1 aliphatic rings. The molecule has 2 N–H and O–H groups in total. The first-order valence-electron chi connectivity index (χ1n) is 5.72. The fourth-order valence-electron chi connectivity index (χ4n) is 1.92. The summed E-state index contributed by atoms with van der Waals surface area (Å²) in [5.41, 5.74) is 0. The Labute approximate surface area is 101 Å². The predicted octanol–water partition coefficient (Wildman–Crippen LogP) is -0.754. The van der Waals surface area contributed by atoms with Gasteiger partial charge in [0.1, 0.15) is 0 Å². The monoisotopic (exact) mass is 241 g/mol. The van der Waals surface area contributed by atoms with Crippen molar-refractivity contribution >= 4 is 17.7 Å². The van der Waals surface area contributed by atoms with Gasteiger partial charge >= 0.3 is 0 Å². The standard InChI is InChI=1S/C11H19N3O3/c1-6(2)14-9(15)5-8(11(14)17)13-7(3)10(16)12-4/h6-8,13H,5H2,1-4H3,(H,12,16). The first-order chi connectivity index (χ1) is 7.88. The van der Waals surface area contributed by atoms with Gasteiger partial charge < -0.3 is 5.32 Å². The number of nitrogens with one attached hydrogen (secondary N) is 2. The normalized spacial score (nSPS) is 22.2. The van der Waals surface area contributed by atoms with Crippen LogP contribution in [-0.4, -0.2) is 47.8 Å². The largest absolute Gasteiger partial charge is 0.358 e. The van der Waals surface area contributed by atoms with E-state index in [4.69, 9.17) is 0 Å². The van der Waals surface area contributed by atoms with Crippen LogP contribution in [0.1, 0.15) is 27.2 Å². The van der Waals surface area contributed by atoms with Crippen molar-refractivity contribution in [2.45, 2.75) is 45.3 Å². The smallest absolute Gasteiger partial charge is 0.247 e. The second-order valence-corrected chi connectivity index (χ2v) is 4.46. The summed E-state index contributed by atoms with van der Waals surface area (Å²) in [5.74, 6) is -0.638. The molecule has 0 spiro atoms. The van der Waals surface area contributed by atoms with E-state index in [1.807, 2.05) is 0 Å². The number of nitrogens with zero attached hydrogens (tertiary/aromatic N) is 1. The zero-order valence-electron chi connectivity index (χ0n) is 10.6. The molecule has 0 aromatic rings. The number of likely N-dealkylation sites (tertiary alicyclic amines) is 1. The highest BCUT2D eigenvalue weighted by molar-refractivity contribution is 6.06. The number of amides is 3. The SMILES string of the molecule is CNC(=O)C(C)NC1CC(=O)N(C(C)C)C1=O. The van der Waals surface area contributed by atoms with Crippen molar-refractivity contribution < 1.29 is 14.4 Å². The molecule has 1 heterocycles. The number of imide groups is 1. The molecular weight excluding hydrogens is 222 g/mol. The van der Waals surface area contributed by atoms with Crippen LogP contribution in [0.15, 0.2) is 0 Å². The van der Waals surface area contributed by atoms with E-state index in [0.717, 1.165) is 0 Å². The molecule has 1 fully saturated rings. The second kappa shape index (κ2) is 5.27. The minimum absolute atomic E-state index is 0.123. The van der Waals surface area contributed by atoms with E-state index in [2.05, 4.69) is 10.6 Å².